The van der Waals surface area contributed by atoms with Crippen molar-refractivity contribution in [3.63, 3.8) is 0 Å². The van der Waals surface area contributed by atoms with Crippen LogP contribution in [-0.4, -0.2) is 61.4 Å². The quantitative estimate of drug-likeness (QED) is 0.244. The molecule has 0 saturated heterocycles. The van der Waals surface area contributed by atoms with Crippen LogP contribution in [0.2, 0.25) is 0 Å². The third-order valence-corrected chi connectivity index (χ3v) is 2.36. The molecule has 0 bridgehead atoms. The Bertz CT molecular complexity index is 678. The number of halogens is 3. The van der Waals surface area contributed by atoms with Crippen molar-refractivity contribution in [1.29, 1.82) is 0 Å². The first-order valence-electron chi connectivity index (χ1n) is 7.33. The molecule has 0 fully saturated rings. The van der Waals surface area contributed by atoms with Crippen LogP contribution in [0.3, 0.4) is 0 Å². The molecule has 2 rings (SSSR count). The molecule has 0 aliphatic carbocycles. The molecule has 0 aliphatic heterocycles. The molecule has 0 spiro atoms. The summed E-state index contributed by atoms with van der Waals surface area (Å²) >= 11 is 0. The molecule has 0 saturated carbocycles. The Hall–Kier alpha value is -1.68. The molecule has 0 amide bonds. The van der Waals surface area contributed by atoms with Gasteiger partial charge in [-0.2, -0.15) is 13.2 Å². The van der Waals surface area contributed by atoms with Crippen molar-refractivity contribution in [2.24, 2.45) is 0 Å². The number of alkyl halides is 3. The van der Waals surface area contributed by atoms with Crippen molar-refractivity contribution in [2.45, 2.75) is 5.51 Å². The summed E-state index contributed by atoms with van der Waals surface area (Å²) in [6, 6.07) is 17.4. The van der Waals surface area contributed by atoms with Gasteiger partial charge in [0.1, 0.15) is 11.5 Å². The zero-order chi connectivity index (χ0) is 21.7. The average Bonchev–Trinajstić information content (AvgIpc) is 2.46. The van der Waals surface area contributed by atoms with E-state index in [0.29, 0.717) is 11.5 Å². The Morgan fingerprint density at radius 2 is 0.964 bits per heavy atom. The van der Waals surface area contributed by atoms with E-state index >= 15 is 0 Å². The van der Waals surface area contributed by atoms with Crippen LogP contribution in [0.5, 0.6) is 11.5 Å². The molecule has 2 N–H and O–H groups in total. The number of nitrogens with zero attached hydrogens (tertiary/aromatic N) is 1. The van der Waals surface area contributed by atoms with Crippen LogP contribution in [0.25, 0.3) is 0 Å². The maximum Gasteiger partial charge on any atom is 3.00 e. The summed E-state index contributed by atoms with van der Waals surface area (Å²) in [4.78, 5) is 0. The summed E-state index contributed by atoms with van der Waals surface area (Å²) in [6.07, 6.45) is 0. The third kappa shape index (κ3) is 24.3. The second kappa shape index (κ2) is 14.3. The molecular formula is C17H24F3NO5RhS+3. The van der Waals surface area contributed by atoms with E-state index in [1.54, 1.807) is 48.5 Å². The largest absolute Gasteiger partial charge is 3.00 e. The summed E-state index contributed by atoms with van der Waals surface area (Å²) in [5.41, 5.74) is -5.65. The predicted octanol–water partition coefficient (Wildman–Crippen LogP) is 3.16. The van der Waals surface area contributed by atoms with Crippen LogP contribution in [-0.2, 0) is 29.6 Å². The van der Waals surface area contributed by atoms with Gasteiger partial charge in [-0.25, -0.2) is 8.42 Å². The van der Waals surface area contributed by atoms with Crippen molar-refractivity contribution in [1.82, 2.24) is 0 Å². The van der Waals surface area contributed by atoms with Gasteiger partial charge in [-0.05, 0) is 24.3 Å². The first-order chi connectivity index (χ1) is 12.0. The summed E-state index contributed by atoms with van der Waals surface area (Å²) in [5.74, 6) is 0.644. The number of aromatic hydroxyl groups is 2. The number of phenols is 2. The molecule has 2 aromatic rings. The van der Waals surface area contributed by atoms with Gasteiger partial charge in [0.15, 0.2) is 10.1 Å². The van der Waals surface area contributed by atoms with Gasteiger partial charge in [0.2, 0.25) is 0 Å². The van der Waals surface area contributed by atoms with E-state index < -0.39 is 15.6 Å². The minimum absolute atomic E-state index is 0. The predicted molar refractivity (Wildman–Crippen MR) is 95.9 cm³/mol. The molecule has 28 heavy (non-hydrogen) atoms. The van der Waals surface area contributed by atoms with Crippen LogP contribution < -0.4 is 0 Å². The number of hydrogen-bond acceptors (Lipinski definition) is 5. The van der Waals surface area contributed by atoms with Gasteiger partial charge in [0.05, 0.1) is 28.2 Å². The monoisotopic (exact) mass is 514 g/mol. The zero-order valence-corrected chi connectivity index (χ0v) is 18.2. The molecule has 0 aliphatic rings. The van der Waals surface area contributed by atoms with Crippen molar-refractivity contribution >= 4 is 10.1 Å². The number of benzene rings is 2. The van der Waals surface area contributed by atoms with Gasteiger partial charge in [0.25, 0.3) is 0 Å². The molecule has 0 atom stereocenters. The standard InChI is InChI=1S/2C6H6O.C4H12N.CHF3O3S.Rh/c2*7-6-4-2-1-3-5-6;1-5(2,3)4;2-1(3,4)8(5,6)7;/h2*1-5,7H;1-4H3;(H,5,6,7);/q;;+1;;+3/p-1. The van der Waals surface area contributed by atoms with Gasteiger partial charge >= 0.3 is 25.0 Å². The molecule has 6 nitrogen and oxygen atoms in total. The van der Waals surface area contributed by atoms with Gasteiger partial charge in [-0.3, -0.25) is 0 Å². The third-order valence-electron chi connectivity index (χ3n) is 1.80. The molecule has 0 heterocycles. The maximum atomic E-state index is 10.7. The summed E-state index contributed by atoms with van der Waals surface area (Å²) in [6.45, 7) is 0. The molecular weight excluding hydrogens is 490 g/mol. The Kier molecular flexibility index (Phi) is 15.9. The molecule has 0 aromatic heterocycles. The van der Waals surface area contributed by atoms with E-state index in [0.717, 1.165) is 4.48 Å². The van der Waals surface area contributed by atoms with Crippen molar-refractivity contribution < 1.29 is 60.3 Å². The number of hydrogen-bond donors (Lipinski definition) is 2. The van der Waals surface area contributed by atoms with E-state index in [2.05, 4.69) is 28.2 Å². The SMILES string of the molecule is C[N+](C)(C)C.O=S(=O)([O-])C(F)(F)F.Oc1ccccc1.Oc1ccccc1.[Rh+3]. The fourth-order valence-corrected chi connectivity index (χ4v) is 0.856. The first kappa shape index (κ1) is 31.0. The first-order valence-corrected chi connectivity index (χ1v) is 8.74. The normalized spacial score (nSPS) is 10.4. The second-order valence-electron chi connectivity index (χ2n) is 6.25. The Balaban J connectivity index is -0.000000298. The molecule has 0 unspecified atom stereocenters. The number of rotatable bonds is 0. The van der Waals surface area contributed by atoms with E-state index in [4.69, 9.17) is 23.2 Å². The summed E-state index contributed by atoms with van der Waals surface area (Å²) < 4.78 is 59.9. The Labute approximate surface area is 176 Å². The topological polar surface area (TPSA) is 97.7 Å². The fraction of sp³-hybridized carbons (Fsp3) is 0.294. The van der Waals surface area contributed by atoms with Gasteiger partial charge < -0.3 is 19.2 Å². The molecule has 2 aromatic carbocycles. The van der Waals surface area contributed by atoms with Crippen LogP contribution in [0.1, 0.15) is 0 Å². The summed E-state index contributed by atoms with van der Waals surface area (Å²) in [7, 11) is 2.41. The van der Waals surface area contributed by atoms with E-state index in [1.807, 2.05) is 12.1 Å². The fourth-order valence-electron chi connectivity index (χ4n) is 0.856. The molecule has 160 valence electrons. The van der Waals surface area contributed by atoms with Gasteiger partial charge in [0, 0.05) is 0 Å². The minimum atomic E-state index is -6.09. The van der Waals surface area contributed by atoms with Crippen LogP contribution in [0.4, 0.5) is 13.2 Å². The maximum absolute atomic E-state index is 10.7. The average molecular weight is 514 g/mol. The zero-order valence-electron chi connectivity index (χ0n) is 15.7. The second-order valence-corrected chi connectivity index (χ2v) is 7.63. The van der Waals surface area contributed by atoms with Crippen LogP contribution in [0, 0.1) is 0 Å². The van der Waals surface area contributed by atoms with Crippen molar-refractivity contribution in [2.75, 3.05) is 28.2 Å². The Morgan fingerprint density at radius 3 is 1.04 bits per heavy atom. The summed E-state index contributed by atoms with van der Waals surface area (Å²) in [5, 5.41) is 17.3. The number of para-hydroxylation sites is 2. The van der Waals surface area contributed by atoms with Crippen molar-refractivity contribution in [3.05, 3.63) is 60.7 Å². The smallest absolute Gasteiger partial charge is 0.741 e. The van der Waals surface area contributed by atoms with E-state index in [-0.39, 0.29) is 19.5 Å². The van der Waals surface area contributed by atoms with Crippen LogP contribution in [0.15, 0.2) is 60.7 Å². The minimum Gasteiger partial charge on any atom is -0.741 e. The van der Waals surface area contributed by atoms with E-state index in [1.165, 1.54) is 0 Å². The number of phenolic OH excluding ortho intramolecular Hbond substituents is 2. The molecule has 11 heteroatoms. The van der Waals surface area contributed by atoms with Gasteiger partial charge in [-0.1, -0.05) is 36.4 Å². The number of quaternary nitrogens is 1. The van der Waals surface area contributed by atoms with Gasteiger partial charge in [-0.15, -0.1) is 0 Å². The van der Waals surface area contributed by atoms with E-state index in [9.17, 15) is 13.2 Å². The van der Waals surface area contributed by atoms with Crippen LogP contribution >= 0.6 is 0 Å². The Morgan fingerprint density at radius 1 is 0.786 bits per heavy atom. The van der Waals surface area contributed by atoms with Crippen molar-refractivity contribution in [3.8, 4) is 11.5 Å². The molecule has 0 radical (unpaired) electrons.